The molecule has 3 N–H and O–H groups in total. The quantitative estimate of drug-likeness (QED) is 0.666. The monoisotopic (exact) mass is 285 g/mol. The summed E-state index contributed by atoms with van der Waals surface area (Å²) >= 11 is 0. The molecule has 6 heteroatoms. The Balaban J connectivity index is 2.41. The molecule has 2 aromatic carbocycles. The Hall–Kier alpha value is -2.89. The Morgan fingerprint density at radius 2 is 1.86 bits per heavy atom. The first-order valence-electron chi connectivity index (χ1n) is 6.31. The SMILES string of the molecule is Cc1ccc(Nc2ccc(C(N)=O)cc2[N+](=O)[O-])cc1C. The number of amides is 1. The number of nitro groups is 1. The fourth-order valence-electron chi connectivity index (χ4n) is 1.92. The highest BCUT2D eigenvalue weighted by Gasteiger charge is 2.16. The van der Waals surface area contributed by atoms with Gasteiger partial charge >= 0.3 is 0 Å². The fraction of sp³-hybridized carbons (Fsp3) is 0.133. The van der Waals surface area contributed by atoms with Crippen LogP contribution in [0.3, 0.4) is 0 Å². The van der Waals surface area contributed by atoms with E-state index in [0.29, 0.717) is 5.69 Å². The van der Waals surface area contributed by atoms with Gasteiger partial charge in [0.25, 0.3) is 5.69 Å². The third-order valence-electron chi connectivity index (χ3n) is 3.26. The summed E-state index contributed by atoms with van der Waals surface area (Å²) in [4.78, 5) is 21.7. The van der Waals surface area contributed by atoms with Crippen LogP contribution in [0.4, 0.5) is 17.1 Å². The summed E-state index contributed by atoms with van der Waals surface area (Å²) in [5, 5.41) is 14.1. The van der Waals surface area contributed by atoms with Crippen LogP contribution in [0, 0.1) is 24.0 Å². The summed E-state index contributed by atoms with van der Waals surface area (Å²) in [7, 11) is 0. The molecular formula is C15H15N3O3. The molecule has 0 fully saturated rings. The molecule has 0 bridgehead atoms. The van der Waals surface area contributed by atoms with Gasteiger partial charge in [0.2, 0.25) is 5.91 Å². The second-order valence-electron chi connectivity index (χ2n) is 4.78. The maximum atomic E-state index is 11.1. The largest absolute Gasteiger partial charge is 0.366 e. The molecule has 0 unspecified atom stereocenters. The normalized spacial score (nSPS) is 10.2. The van der Waals surface area contributed by atoms with Crippen LogP contribution in [0.25, 0.3) is 0 Å². The maximum absolute atomic E-state index is 11.1. The summed E-state index contributed by atoms with van der Waals surface area (Å²) in [6, 6.07) is 9.79. The van der Waals surface area contributed by atoms with Crippen LogP contribution in [-0.2, 0) is 0 Å². The smallest absolute Gasteiger partial charge is 0.293 e. The Labute approximate surface area is 121 Å². The molecule has 0 heterocycles. The van der Waals surface area contributed by atoms with Crippen molar-refractivity contribution in [3.8, 4) is 0 Å². The maximum Gasteiger partial charge on any atom is 0.293 e. The lowest BCUT2D eigenvalue weighted by Gasteiger charge is -2.09. The Bertz CT molecular complexity index is 726. The van der Waals surface area contributed by atoms with E-state index in [1.54, 1.807) is 0 Å². The standard InChI is InChI=1S/C15H15N3O3/c1-9-3-5-12(7-10(9)2)17-13-6-4-11(15(16)19)8-14(13)18(20)21/h3-8,17H,1-2H3,(H2,16,19). The van der Waals surface area contributed by atoms with E-state index in [4.69, 9.17) is 5.73 Å². The number of rotatable bonds is 4. The number of hydrogen-bond donors (Lipinski definition) is 2. The molecule has 0 saturated heterocycles. The summed E-state index contributed by atoms with van der Waals surface area (Å²) in [6.07, 6.45) is 0. The third kappa shape index (κ3) is 3.17. The van der Waals surface area contributed by atoms with Gasteiger partial charge in [-0.25, -0.2) is 0 Å². The highest BCUT2D eigenvalue weighted by atomic mass is 16.6. The lowest BCUT2D eigenvalue weighted by Crippen LogP contribution is -2.11. The predicted octanol–water partition coefficient (Wildman–Crippen LogP) is 3.05. The van der Waals surface area contributed by atoms with Crippen LogP contribution in [-0.4, -0.2) is 10.8 Å². The first-order chi connectivity index (χ1) is 9.88. The fourth-order valence-corrected chi connectivity index (χ4v) is 1.92. The predicted molar refractivity (Wildman–Crippen MR) is 80.8 cm³/mol. The van der Waals surface area contributed by atoms with Crippen LogP contribution < -0.4 is 11.1 Å². The van der Waals surface area contributed by atoms with Crippen molar-refractivity contribution < 1.29 is 9.72 Å². The summed E-state index contributed by atoms with van der Waals surface area (Å²) in [5.41, 5.74) is 8.33. The van der Waals surface area contributed by atoms with E-state index in [1.165, 1.54) is 18.2 Å². The number of carbonyl (C=O) groups excluding carboxylic acids is 1. The first-order valence-corrected chi connectivity index (χ1v) is 6.31. The summed E-state index contributed by atoms with van der Waals surface area (Å²) in [6.45, 7) is 3.95. The van der Waals surface area contributed by atoms with Crippen LogP contribution >= 0.6 is 0 Å². The minimum absolute atomic E-state index is 0.104. The molecule has 21 heavy (non-hydrogen) atoms. The topological polar surface area (TPSA) is 98.3 Å². The summed E-state index contributed by atoms with van der Waals surface area (Å²) < 4.78 is 0. The number of nitro benzene ring substituents is 1. The Kier molecular flexibility index (Phi) is 3.89. The molecule has 0 aromatic heterocycles. The molecule has 0 aliphatic heterocycles. The third-order valence-corrected chi connectivity index (χ3v) is 3.26. The van der Waals surface area contributed by atoms with Gasteiger partial charge in [-0.05, 0) is 49.2 Å². The zero-order valence-corrected chi connectivity index (χ0v) is 11.7. The highest BCUT2D eigenvalue weighted by molar-refractivity contribution is 5.94. The number of nitrogens with one attached hydrogen (secondary N) is 1. The van der Waals surface area contributed by atoms with Gasteiger partial charge in [0.1, 0.15) is 5.69 Å². The zero-order valence-electron chi connectivity index (χ0n) is 11.7. The van der Waals surface area contributed by atoms with Crippen molar-refractivity contribution in [2.75, 3.05) is 5.32 Å². The van der Waals surface area contributed by atoms with Crippen molar-refractivity contribution in [3.05, 3.63) is 63.2 Å². The van der Waals surface area contributed by atoms with Crippen molar-refractivity contribution in [3.63, 3.8) is 0 Å². The number of aryl methyl sites for hydroxylation is 2. The van der Waals surface area contributed by atoms with Crippen molar-refractivity contribution in [1.82, 2.24) is 0 Å². The van der Waals surface area contributed by atoms with Gasteiger partial charge in [-0.3, -0.25) is 14.9 Å². The molecule has 6 nitrogen and oxygen atoms in total. The minimum atomic E-state index is -0.698. The second-order valence-corrected chi connectivity index (χ2v) is 4.78. The molecule has 108 valence electrons. The van der Waals surface area contributed by atoms with Gasteiger partial charge in [0.05, 0.1) is 4.92 Å². The minimum Gasteiger partial charge on any atom is -0.366 e. The van der Waals surface area contributed by atoms with Crippen molar-refractivity contribution in [1.29, 1.82) is 0 Å². The Morgan fingerprint density at radius 1 is 1.14 bits per heavy atom. The number of nitrogens with two attached hydrogens (primary N) is 1. The molecular weight excluding hydrogens is 270 g/mol. The molecule has 0 atom stereocenters. The van der Waals surface area contributed by atoms with Gasteiger partial charge in [0, 0.05) is 17.3 Å². The Morgan fingerprint density at radius 3 is 2.43 bits per heavy atom. The van der Waals surface area contributed by atoms with Crippen LogP contribution in [0.5, 0.6) is 0 Å². The summed E-state index contributed by atoms with van der Waals surface area (Å²) in [5.74, 6) is -0.698. The number of benzene rings is 2. The average molecular weight is 285 g/mol. The molecule has 0 saturated carbocycles. The first kappa shape index (κ1) is 14.5. The van der Waals surface area contributed by atoms with Crippen LogP contribution in [0.1, 0.15) is 21.5 Å². The lowest BCUT2D eigenvalue weighted by atomic mass is 10.1. The van der Waals surface area contributed by atoms with Gasteiger partial charge in [-0.2, -0.15) is 0 Å². The van der Waals surface area contributed by atoms with Gasteiger partial charge in [0.15, 0.2) is 0 Å². The molecule has 0 aliphatic rings. The van der Waals surface area contributed by atoms with Gasteiger partial charge in [-0.15, -0.1) is 0 Å². The van der Waals surface area contributed by atoms with Crippen molar-refractivity contribution >= 4 is 23.0 Å². The van der Waals surface area contributed by atoms with Crippen molar-refractivity contribution in [2.45, 2.75) is 13.8 Å². The molecule has 2 aromatic rings. The number of carbonyl (C=O) groups is 1. The van der Waals surface area contributed by atoms with Gasteiger partial charge < -0.3 is 11.1 Å². The molecule has 0 aliphatic carbocycles. The van der Waals surface area contributed by atoms with E-state index >= 15 is 0 Å². The average Bonchev–Trinajstić information content (AvgIpc) is 2.43. The highest BCUT2D eigenvalue weighted by Crippen LogP contribution is 2.29. The molecule has 0 radical (unpaired) electrons. The van der Waals surface area contributed by atoms with E-state index < -0.39 is 10.8 Å². The van der Waals surface area contributed by atoms with E-state index in [-0.39, 0.29) is 11.3 Å². The van der Waals surface area contributed by atoms with Gasteiger partial charge in [-0.1, -0.05) is 6.07 Å². The molecule has 2 rings (SSSR count). The van der Waals surface area contributed by atoms with Crippen molar-refractivity contribution in [2.24, 2.45) is 5.73 Å². The number of primary amides is 1. The van der Waals surface area contributed by atoms with E-state index in [9.17, 15) is 14.9 Å². The molecule has 0 spiro atoms. The molecule has 1 amide bonds. The van der Waals surface area contributed by atoms with E-state index in [1.807, 2.05) is 32.0 Å². The second kappa shape index (κ2) is 5.62. The van der Waals surface area contributed by atoms with Crippen LogP contribution in [0.2, 0.25) is 0 Å². The lowest BCUT2D eigenvalue weighted by molar-refractivity contribution is -0.383. The van der Waals surface area contributed by atoms with E-state index in [0.717, 1.165) is 16.8 Å². The van der Waals surface area contributed by atoms with Crippen LogP contribution in [0.15, 0.2) is 36.4 Å². The zero-order chi connectivity index (χ0) is 15.6. The van der Waals surface area contributed by atoms with E-state index in [2.05, 4.69) is 5.32 Å². The number of anilines is 2. The number of nitrogens with zero attached hydrogens (tertiary/aromatic N) is 1. The number of hydrogen-bond acceptors (Lipinski definition) is 4.